The summed E-state index contributed by atoms with van der Waals surface area (Å²) < 4.78 is 13.0. The highest BCUT2D eigenvalue weighted by Crippen LogP contribution is 2.16. The number of aryl methyl sites for hydroxylation is 1. The molecule has 0 radical (unpaired) electrons. The Balaban J connectivity index is 1.99. The van der Waals surface area contributed by atoms with E-state index in [2.05, 4.69) is 10.6 Å². The van der Waals surface area contributed by atoms with Crippen LogP contribution in [0.25, 0.3) is 0 Å². The number of benzene rings is 2. The van der Waals surface area contributed by atoms with Crippen LogP contribution >= 0.6 is 12.2 Å². The van der Waals surface area contributed by atoms with Gasteiger partial charge in [0.25, 0.3) is 0 Å². The Hall–Kier alpha value is -1.94. The summed E-state index contributed by atoms with van der Waals surface area (Å²) in [7, 11) is 0. The smallest absolute Gasteiger partial charge is 0.171 e. The summed E-state index contributed by atoms with van der Waals surface area (Å²) in [6.45, 7) is 3.88. The van der Waals surface area contributed by atoms with Gasteiger partial charge in [-0.25, -0.2) is 4.39 Å². The van der Waals surface area contributed by atoms with Crippen molar-refractivity contribution in [1.82, 2.24) is 5.32 Å². The van der Waals surface area contributed by atoms with Crippen LogP contribution in [0.5, 0.6) is 0 Å². The van der Waals surface area contributed by atoms with E-state index in [1.807, 2.05) is 44.2 Å². The number of anilines is 1. The van der Waals surface area contributed by atoms with Crippen molar-refractivity contribution in [3.8, 4) is 0 Å². The van der Waals surface area contributed by atoms with E-state index >= 15 is 0 Å². The zero-order chi connectivity index (χ0) is 14.5. The molecular weight excluding hydrogens is 271 g/mol. The largest absolute Gasteiger partial charge is 0.356 e. The second-order valence-electron chi connectivity index (χ2n) is 4.69. The van der Waals surface area contributed by atoms with E-state index in [0.29, 0.717) is 5.11 Å². The van der Waals surface area contributed by atoms with Crippen molar-refractivity contribution in [2.75, 3.05) is 5.32 Å². The SMILES string of the molecule is Cc1cc(F)ccc1NC(=S)NC(C)c1ccccc1. The maximum absolute atomic E-state index is 13.0. The maximum Gasteiger partial charge on any atom is 0.171 e. The first kappa shape index (κ1) is 14.5. The van der Waals surface area contributed by atoms with Gasteiger partial charge in [0, 0.05) is 5.69 Å². The fourth-order valence-corrected chi connectivity index (χ4v) is 2.23. The third-order valence-electron chi connectivity index (χ3n) is 3.08. The summed E-state index contributed by atoms with van der Waals surface area (Å²) >= 11 is 5.29. The van der Waals surface area contributed by atoms with Crippen molar-refractivity contribution in [3.05, 3.63) is 65.5 Å². The summed E-state index contributed by atoms with van der Waals surface area (Å²) in [4.78, 5) is 0. The number of hydrogen-bond donors (Lipinski definition) is 2. The number of rotatable bonds is 3. The molecule has 2 nitrogen and oxygen atoms in total. The molecule has 0 heterocycles. The van der Waals surface area contributed by atoms with Crippen LogP contribution in [0.15, 0.2) is 48.5 Å². The average molecular weight is 288 g/mol. The van der Waals surface area contributed by atoms with Crippen molar-refractivity contribution in [1.29, 1.82) is 0 Å². The lowest BCUT2D eigenvalue weighted by atomic mass is 10.1. The lowest BCUT2D eigenvalue weighted by Gasteiger charge is -2.18. The molecule has 0 aliphatic rings. The standard InChI is InChI=1S/C16H17FN2S/c1-11-10-14(17)8-9-15(11)19-16(20)18-12(2)13-6-4-3-5-7-13/h3-10,12H,1-2H3,(H2,18,19,20). The zero-order valence-corrected chi connectivity index (χ0v) is 12.3. The lowest BCUT2D eigenvalue weighted by Crippen LogP contribution is -2.31. The molecule has 1 unspecified atom stereocenters. The summed E-state index contributed by atoms with van der Waals surface area (Å²) in [5, 5.41) is 6.83. The first-order valence-corrected chi connectivity index (χ1v) is 6.85. The van der Waals surface area contributed by atoms with Crippen LogP contribution in [0.3, 0.4) is 0 Å². The predicted molar refractivity (Wildman–Crippen MR) is 85.4 cm³/mol. The minimum absolute atomic E-state index is 0.108. The van der Waals surface area contributed by atoms with Crippen LogP contribution in [0.1, 0.15) is 24.1 Å². The van der Waals surface area contributed by atoms with Gasteiger partial charge in [-0.3, -0.25) is 0 Å². The van der Waals surface area contributed by atoms with E-state index in [-0.39, 0.29) is 11.9 Å². The molecule has 0 amide bonds. The van der Waals surface area contributed by atoms with Gasteiger partial charge in [0.15, 0.2) is 5.11 Å². The molecule has 4 heteroatoms. The number of halogens is 1. The normalized spacial score (nSPS) is 11.8. The van der Waals surface area contributed by atoms with Gasteiger partial charge in [0.1, 0.15) is 5.82 Å². The maximum atomic E-state index is 13.0. The van der Waals surface area contributed by atoms with Gasteiger partial charge in [-0.05, 0) is 55.4 Å². The number of hydrogen-bond acceptors (Lipinski definition) is 1. The van der Waals surface area contributed by atoms with Crippen LogP contribution in [-0.2, 0) is 0 Å². The fraction of sp³-hybridized carbons (Fsp3) is 0.188. The monoisotopic (exact) mass is 288 g/mol. The molecule has 2 N–H and O–H groups in total. The molecule has 104 valence electrons. The van der Waals surface area contributed by atoms with Crippen molar-refractivity contribution in [2.24, 2.45) is 0 Å². The topological polar surface area (TPSA) is 24.1 Å². The van der Waals surface area contributed by atoms with Crippen LogP contribution in [0, 0.1) is 12.7 Å². The first-order valence-electron chi connectivity index (χ1n) is 6.45. The van der Waals surface area contributed by atoms with Crippen molar-refractivity contribution < 1.29 is 4.39 Å². The van der Waals surface area contributed by atoms with Crippen molar-refractivity contribution in [2.45, 2.75) is 19.9 Å². The van der Waals surface area contributed by atoms with Gasteiger partial charge in [0.2, 0.25) is 0 Å². The quantitative estimate of drug-likeness (QED) is 0.828. The number of thiocarbonyl (C=S) groups is 1. The minimum Gasteiger partial charge on any atom is -0.356 e. The van der Waals surface area contributed by atoms with Gasteiger partial charge in [-0.1, -0.05) is 30.3 Å². The Morgan fingerprint density at radius 1 is 1.15 bits per heavy atom. The minimum atomic E-state index is -0.246. The second kappa shape index (κ2) is 6.48. The highest BCUT2D eigenvalue weighted by Gasteiger charge is 2.07. The molecule has 2 aromatic carbocycles. The summed E-state index contributed by atoms with van der Waals surface area (Å²) in [5.41, 5.74) is 2.79. The molecule has 2 rings (SSSR count). The van der Waals surface area contributed by atoms with Crippen molar-refractivity contribution in [3.63, 3.8) is 0 Å². The van der Waals surface area contributed by atoms with E-state index in [9.17, 15) is 4.39 Å². The molecule has 0 saturated carbocycles. The zero-order valence-electron chi connectivity index (χ0n) is 11.5. The van der Waals surface area contributed by atoms with E-state index in [1.165, 1.54) is 12.1 Å². The van der Waals surface area contributed by atoms with Crippen molar-refractivity contribution >= 4 is 23.0 Å². The van der Waals surface area contributed by atoms with Gasteiger partial charge in [-0.15, -0.1) is 0 Å². The first-order chi connectivity index (χ1) is 9.56. The fourth-order valence-electron chi connectivity index (χ4n) is 1.95. The molecule has 0 spiro atoms. The Morgan fingerprint density at radius 3 is 2.50 bits per heavy atom. The van der Waals surface area contributed by atoms with Gasteiger partial charge < -0.3 is 10.6 Å². The van der Waals surface area contributed by atoms with Crippen LogP contribution < -0.4 is 10.6 Å². The summed E-state index contributed by atoms with van der Waals surface area (Å²) in [5.74, 6) is -0.246. The van der Waals surface area contributed by atoms with E-state index in [1.54, 1.807) is 6.07 Å². The molecule has 0 aliphatic carbocycles. The molecule has 2 aromatic rings. The van der Waals surface area contributed by atoms with Crippen LogP contribution in [0.4, 0.5) is 10.1 Å². The average Bonchev–Trinajstić information content (AvgIpc) is 2.43. The lowest BCUT2D eigenvalue weighted by molar-refractivity contribution is 0.627. The molecule has 0 aliphatic heterocycles. The van der Waals surface area contributed by atoms with Crippen LogP contribution in [-0.4, -0.2) is 5.11 Å². The molecule has 0 aromatic heterocycles. The Morgan fingerprint density at radius 2 is 1.85 bits per heavy atom. The highest BCUT2D eigenvalue weighted by molar-refractivity contribution is 7.80. The van der Waals surface area contributed by atoms with E-state index < -0.39 is 0 Å². The third-order valence-corrected chi connectivity index (χ3v) is 3.30. The Bertz CT molecular complexity index is 599. The van der Waals surface area contributed by atoms with E-state index in [0.717, 1.165) is 16.8 Å². The second-order valence-corrected chi connectivity index (χ2v) is 5.10. The predicted octanol–water partition coefficient (Wildman–Crippen LogP) is 4.18. The molecule has 0 fully saturated rings. The molecule has 1 atom stereocenters. The van der Waals surface area contributed by atoms with E-state index in [4.69, 9.17) is 12.2 Å². The molecule has 0 saturated heterocycles. The summed E-state index contributed by atoms with van der Waals surface area (Å²) in [6.07, 6.45) is 0. The van der Waals surface area contributed by atoms with Gasteiger partial charge in [-0.2, -0.15) is 0 Å². The van der Waals surface area contributed by atoms with Gasteiger partial charge >= 0.3 is 0 Å². The number of nitrogens with one attached hydrogen (secondary N) is 2. The van der Waals surface area contributed by atoms with Crippen LogP contribution in [0.2, 0.25) is 0 Å². The Kier molecular flexibility index (Phi) is 4.69. The molecular formula is C16H17FN2S. The van der Waals surface area contributed by atoms with Gasteiger partial charge in [0.05, 0.1) is 6.04 Å². The molecule has 0 bridgehead atoms. The highest BCUT2D eigenvalue weighted by atomic mass is 32.1. The molecule has 20 heavy (non-hydrogen) atoms. The Labute approximate surface area is 124 Å². The third kappa shape index (κ3) is 3.78. The summed E-state index contributed by atoms with van der Waals surface area (Å²) in [6, 6.07) is 14.7.